The molecular weight excluding hydrogens is 234 g/mol. The summed E-state index contributed by atoms with van der Waals surface area (Å²) in [4.78, 5) is 22.2. The van der Waals surface area contributed by atoms with Crippen molar-refractivity contribution in [3.05, 3.63) is 0 Å². The van der Waals surface area contributed by atoms with Gasteiger partial charge in [0.05, 0.1) is 0 Å². The lowest BCUT2D eigenvalue weighted by atomic mass is 9.98. The van der Waals surface area contributed by atoms with Crippen LogP contribution in [0.15, 0.2) is 0 Å². The van der Waals surface area contributed by atoms with Crippen molar-refractivity contribution in [1.29, 1.82) is 0 Å². The minimum atomic E-state index is -0.756. The van der Waals surface area contributed by atoms with Gasteiger partial charge in [0.25, 0.3) is 0 Å². The average Bonchev–Trinajstić information content (AvgIpc) is 2.37. The minimum Gasteiger partial charge on any atom is -0.481 e. The molecule has 104 valence electrons. The Morgan fingerprint density at radius 2 is 2.00 bits per heavy atom. The van der Waals surface area contributed by atoms with E-state index in [9.17, 15) is 9.59 Å². The highest BCUT2D eigenvalue weighted by molar-refractivity contribution is 5.78. The summed E-state index contributed by atoms with van der Waals surface area (Å²) in [5, 5.41) is 11.5. The molecule has 0 saturated carbocycles. The molecule has 1 fully saturated rings. The highest BCUT2D eigenvalue weighted by Gasteiger charge is 2.21. The van der Waals surface area contributed by atoms with Crippen molar-refractivity contribution in [2.24, 2.45) is 11.8 Å². The first-order valence-corrected chi connectivity index (χ1v) is 6.67. The van der Waals surface area contributed by atoms with Gasteiger partial charge in [0.2, 0.25) is 5.91 Å². The molecule has 0 radical (unpaired) electrons. The van der Waals surface area contributed by atoms with Crippen molar-refractivity contribution in [2.75, 3.05) is 19.8 Å². The third-order valence-electron chi connectivity index (χ3n) is 3.38. The molecule has 0 spiro atoms. The Kier molecular flexibility index (Phi) is 6.72. The average molecular weight is 257 g/mol. The molecule has 1 aliphatic heterocycles. The molecule has 1 saturated heterocycles. The van der Waals surface area contributed by atoms with E-state index in [0.717, 1.165) is 19.3 Å². The summed E-state index contributed by atoms with van der Waals surface area (Å²) in [6.45, 7) is 4.00. The molecule has 1 aliphatic rings. The SMILES string of the molecule is CC(CCNC(=O)C1CCOCC1)CCC(=O)O. The van der Waals surface area contributed by atoms with Crippen LogP contribution in [0.25, 0.3) is 0 Å². The normalized spacial score (nSPS) is 18.3. The minimum absolute atomic E-state index is 0.0908. The number of ether oxygens (including phenoxy) is 1. The summed E-state index contributed by atoms with van der Waals surface area (Å²) in [6.07, 6.45) is 3.32. The van der Waals surface area contributed by atoms with Gasteiger partial charge in [-0.3, -0.25) is 9.59 Å². The zero-order valence-electron chi connectivity index (χ0n) is 11.0. The Morgan fingerprint density at radius 3 is 2.61 bits per heavy atom. The van der Waals surface area contributed by atoms with E-state index in [0.29, 0.717) is 32.1 Å². The number of hydrogen-bond donors (Lipinski definition) is 2. The maximum absolute atomic E-state index is 11.8. The van der Waals surface area contributed by atoms with Crippen LogP contribution in [0.1, 0.15) is 39.0 Å². The molecule has 18 heavy (non-hydrogen) atoms. The molecule has 1 amide bonds. The Labute approximate surface area is 108 Å². The van der Waals surface area contributed by atoms with E-state index < -0.39 is 5.97 Å². The molecule has 2 N–H and O–H groups in total. The molecule has 5 heteroatoms. The number of nitrogens with one attached hydrogen (secondary N) is 1. The molecule has 0 bridgehead atoms. The zero-order valence-corrected chi connectivity index (χ0v) is 11.0. The molecule has 1 heterocycles. The fourth-order valence-corrected chi connectivity index (χ4v) is 2.06. The molecule has 1 unspecified atom stereocenters. The standard InChI is InChI=1S/C13H23NO4/c1-10(2-3-12(15)16)4-7-14-13(17)11-5-8-18-9-6-11/h10-11H,2-9H2,1H3,(H,14,17)(H,15,16). The number of aliphatic carboxylic acids is 1. The van der Waals surface area contributed by atoms with Crippen LogP contribution < -0.4 is 5.32 Å². The van der Waals surface area contributed by atoms with Gasteiger partial charge < -0.3 is 15.2 Å². The largest absolute Gasteiger partial charge is 0.481 e. The number of rotatable bonds is 7. The number of amides is 1. The van der Waals surface area contributed by atoms with Crippen LogP contribution in [0, 0.1) is 11.8 Å². The van der Waals surface area contributed by atoms with Gasteiger partial charge in [-0.15, -0.1) is 0 Å². The predicted octanol–water partition coefficient (Wildman–Crippen LogP) is 1.42. The van der Waals surface area contributed by atoms with Crippen molar-refractivity contribution in [2.45, 2.75) is 39.0 Å². The van der Waals surface area contributed by atoms with E-state index in [1.54, 1.807) is 0 Å². The lowest BCUT2D eigenvalue weighted by molar-refractivity contribution is -0.137. The lowest BCUT2D eigenvalue weighted by Gasteiger charge is -2.21. The van der Waals surface area contributed by atoms with Gasteiger partial charge in [-0.1, -0.05) is 6.92 Å². The van der Waals surface area contributed by atoms with E-state index in [4.69, 9.17) is 9.84 Å². The first kappa shape index (κ1) is 15.0. The summed E-state index contributed by atoms with van der Waals surface area (Å²) in [5.74, 6) is -0.221. The summed E-state index contributed by atoms with van der Waals surface area (Å²) in [5.41, 5.74) is 0. The Morgan fingerprint density at radius 1 is 1.33 bits per heavy atom. The molecule has 0 aliphatic carbocycles. The fraction of sp³-hybridized carbons (Fsp3) is 0.846. The van der Waals surface area contributed by atoms with E-state index in [2.05, 4.69) is 5.32 Å². The first-order chi connectivity index (χ1) is 8.59. The second kappa shape index (κ2) is 8.08. The third kappa shape index (κ3) is 6.00. The maximum Gasteiger partial charge on any atom is 0.303 e. The van der Waals surface area contributed by atoms with Crippen LogP contribution in [-0.4, -0.2) is 36.7 Å². The molecule has 5 nitrogen and oxygen atoms in total. The van der Waals surface area contributed by atoms with Crippen molar-refractivity contribution in [1.82, 2.24) is 5.32 Å². The summed E-state index contributed by atoms with van der Waals surface area (Å²) >= 11 is 0. The molecule has 0 aromatic rings. The van der Waals surface area contributed by atoms with Crippen molar-refractivity contribution < 1.29 is 19.4 Å². The highest BCUT2D eigenvalue weighted by Crippen LogP contribution is 2.15. The number of hydrogen-bond acceptors (Lipinski definition) is 3. The van der Waals surface area contributed by atoms with Crippen molar-refractivity contribution in [3.63, 3.8) is 0 Å². The summed E-state index contributed by atoms with van der Waals surface area (Å²) < 4.78 is 5.21. The van der Waals surface area contributed by atoms with Crippen molar-refractivity contribution >= 4 is 11.9 Å². The fourth-order valence-electron chi connectivity index (χ4n) is 2.06. The Hall–Kier alpha value is -1.10. The van der Waals surface area contributed by atoms with Gasteiger partial charge in [0, 0.05) is 32.1 Å². The first-order valence-electron chi connectivity index (χ1n) is 6.67. The van der Waals surface area contributed by atoms with Crippen LogP contribution in [0.5, 0.6) is 0 Å². The van der Waals surface area contributed by atoms with Crippen molar-refractivity contribution in [3.8, 4) is 0 Å². The third-order valence-corrected chi connectivity index (χ3v) is 3.38. The molecular formula is C13H23NO4. The maximum atomic E-state index is 11.8. The summed E-state index contributed by atoms with van der Waals surface area (Å²) in [7, 11) is 0. The number of carbonyl (C=O) groups is 2. The van der Waals surface area contributed by atoms with E-state index >= 15 is 0 Å². The van der Waals surface area contributed by atoms with E-state index in [1.807, 2.05) is 6.92 Å². The monoisotopic (exact) mass is 257 g/mol. The molecule has 1 atom stereocenters. The lowest BCUT2D eigenvalue weighted by Crippen LogP contribution is -2.35. The van der Waals surface area contributed by atoms with Gasteiger partial charge in [0.15, 0.2) is 0 Å². The second-order valence-corrected chi connectivity index (χ2v) is 5.00. The van der Waals surface area contributed by atoms with Gasteiger partial charge in [0.1, 0.15) is 0 Å². The Bertz CT molecular complexity index is 274. The molecule has 1 rings (SSSR count). The Balaban J connectivity index is 2.08. The van der Waals surface area contributed by atoms with E-state index in [-0.39, 0.29) is 18.2 Å². The quantitative estimate of drug-likeness (QED) is 0.723. The van der Waals surface area contributed by atoms with Gasteiger partial charge in [-0.25, -0.2) is 0 Å². The van der Waals surface area contributed by atoms with Gasteiger partial charge in [-0.05, 0) is 31.6 Å². The topological polar surface area (TPSA) is 75.6 Å². The van der Waals surface area contributed by atoms with Gasteiger partial charge >= 0.3 is 5.97 Å². The van der Waals surface area contributed by atoms with Crippen LogP contribution in [-0.2, 0) is 14.3 Å². The number of carboxylic acid groups (broad SMARTS) is 1. The highest BCUT2D eigenvalue weighted by atomic mass is 16.5. The zero-order chi connectivity index (χ0) is 13.4. The number of carboxylic acids is 1. The summed E-state index contributed by atoms with van der Waals surface area (Å²) in [6, 6.07) is 0. The molecule has 0 aromatic carbocycles. The predicted molar refractivity (Wildman–Crippen MR) is 67.2 cm³/mol. The van der Waals surface area contributed by atoms with Crippen LogP contribution >= 0.6 is 0 Å². The van der Waals surface area contributed by atoms with Crippen LogP contribution in [0.3, 0.4) is 0 Å². The van der Waals surface area contributed by atoms with E-state index in [1.165, 1.54) is 0 Å². The smallest absolute Gasteiger partial charge is 0.303 e. The van der Waals surface area contributed by atoms with Gasteiger partial charge in [-0.2, -0.15) is 0 Å². The van der Waals surface area contributed by atoms with Crippen LogP contribution in [0.2, 0.25) is 0 Å². The van der Waals surface area contributed by atoms with Crippen LogP contribution in [0.4, 0.5) is 0 Å². The molecule has 0 aromatic heterocycles. The second-order valence-electron chi connectivity index (χ2n) is 5.00. The number of carbonyl (C=O) groups excluding carboxylic acids is 1.